The van der Waals surface area contributed by atoms with Crippen molar-refractivity contribution in [3.63, 3.8) is 0 Å². The Kier molecular flexibility index (Phi) is 4.11. The quantitative estimate of drug-likeness (QED) is 0.731. The highest BCUT2D eigenvalue weighted by Crippen LogP contribution is 2.31. The molecular weight excluding hydrogens is 292 g/mol. The number of aromatic hydroxyl groups is 1. The van der Waals surface area contributed by atoms with Gasteiger partial charge in [0.05, 0.1) is 5.69 Å². The van der Waals surface area contributed by atoms with E-state index in [1.54, 1.807) is 17.4 Å². The molecule has 0 saturated carbocycles. The summed E-state index contributed by atoms with van der Waals surface area (Å²) in [6.45, 7) is 4.72. The van der Waals surface area contributed by atoms with E-state index in [4.69, 9.17) is 0 Å². The first-order valence-corrected chi connectivity index (χ1v) is 8.00. The number of anilines is 1. The van der Waals surface area contributed by atoms with Crippen molar-refractivity contribution >= 4 is 16.5 Å². The lowest BCUT2D eigenvalue weighted by Gasteiger charge is -2.04. The largest absolute Gasteiger partial charge is 0.508 e. The zero-order valence-corrected chi connectivity index (χ0v) is 13.4. The van der Waals surface area contributed by atoms with E-state index < -0.39 is 0 Å². The molecule has 112 valence electrons. The lowest BCUT2D eigenvalue weighted by atomic mass is 10.1. The molecular formula is C18H18N2OS. The molecule has 1 heterocycles. The van der Waals surface area contributed by atoms with Crippen molar-refractivity contribution in [2.24, 2.45) is 0 Å². The molecule has 0 radical (unpaired) electrons. The smallest absolute Gasteiger partial charge is 0.183 e. The van der Waals surface area contributed by atoms with Crippen LogP contribution < -0.4 is 5.32 Å². The number of hydrogen-bond acceptors (Lipinski definition) is 4. The zero-order chi connectivity index (χ0) is 15.5. The average molecular weight is 310 g/mol. The second-order valence-electron chi connectivity index (χ2n) is 5.27. The van der Waals surface area contributed by atoms with Crippen molar-refractivity contribution in [3.8, 4) is 17.0 Å². The molecule has 4 heteroatoms. The number of benzene rings is 2. The van der Waals surface area contributed by atoms with E-state index in [0.29, 0.717) is 12.3 Å². The molecule has 3 aromatic rings. The van der Waals surface area contributed by atoms with Gasteiger partial charge in [0.25, 0.3) is 0 Å². The SMILES string of the molecule is Cc1ccc(-c2nc(NCc3ccccc3O)sc2C)cc1. The summed E-state index contributed by atoms with van der Waals surface area (Å²) in [7, 11) is 0. The van der Waals surface area contributed by atoms with E-state index in [1.807, 2.05) is 18.2 Å². The minimum atomic E-state index is 0.307. The minimum Gasteiger partial charge on any atom is -0.508 e. The monoisotopic (exact) mass is 310 g/mol. The van der Waals surface area contributed by atoms with E-state index in [1.165, 1.54) is 10.4 Å². The molecule has 0 fully saturated rings. The summed E-state index contributed by atoms with van der Waals surface area (Å²) in [6.07, 6.45) is 0. The highest BCUT2D eigenvalue weighted by atomic mass is 32.1. The van der Waals surface area contributed by atoms with Gasteiger partial charge in [-0.2, -0.15) is 0 Å². The van der Waals surface area contributed by atoms with Gasteiger partial charge >= 0.3 is 0 Å². The molecule has 2 aromatic carbocycles. The van der Waals surface area contributed by atoms with E-state index in [9.17, 15) is 5.11 Å². The summed E-state index contributed by atoms with van der Waals surface area (Å²) in [4.78, 5) is 5.86. The Morgan fingerprint density at radius 3 is 2.50 bits per heavy atom. The number of nitrogens with one attached hydrogen (secondary N) is 1. The molecule has 0 saturated heterocycles. The molecule has 0 unspecified atom stereocenters. The number of aromatic nitrogens is 1. The summed E-state index contributed by atoms with van der Waals surface area (Å²) in [5, 5.41) is 14.0. The molecule has 0 bridgehead atoms. The molecule has 0 aliphatic rings. The maximum Gasteiger partial charge on any atom is 0.183 e. The van der Waals surface area contributed by atoms with Crippen LogP contribution in [0.25, 0.3) is 11.3 Å². The Balaban J connectivity index is 1.78. The van der Waals surface area contributed by atoms with Crippen LogP contribution in [0.3, 0.4) is 0 Å². The first-order chi connectivity index (χ1) is 10.6. The van der Waals surface area contributed by atoms with Gasteiger partial charge in [-0.3, -0.25) is 0 Å². The zero-order valence-electron chi connectivity index (χ0n) is 12.6. The summed E-state index contributed by atoms with van der Waals surface area (Å²) < 4.78 is 0. The number of thiazole rings is 1. The Morgan fingerprint density at radius 1 is 1.05 bits per heavy atom. The van der Waals surface area contributed by atoms with Crippen LogP contribution in [0.1, 0.15) is 16.0 Å². The molecule has 1 aromatic heterocycles. The number of rotatable bonds is 4. The lowest BCUT2D eigenvalue weighted by Crippen LogP contribution is -1.99. The van der Waals surface area contributed by atoms with Crippen molar-refractivity contribution < 1.29 is 5.11 Å². The fraction of sp³-hybridized carbons (Fsp3) is 0.167. The summed E-state index contributed by atoms with van der Waals surface area (Å²) >= 11 is 1.63. The number of para-hydroxylation sites is 1. The van der Waals surface area contributed by atoms with Crippen LogP contribution in [0, 0.1) is 13.8 Å². The van der Waals surface area contributed by atoms with Crippen LogP contribution in [0.5, 0.6) is 5.75 Å². The number of phenolic OH excluding ortho intramolecular Hbond substituents is 1. The molecule has 3 rings (SSSR count). The normalized spacial score (nSPS) is 10.6. The van der Waals surface area contributed by atoms with Gasteiger partial charge in [-0.05, 0) is 19.9 Å². The predicted octanol–water partition coefficient (Wildman–Crippen LogP) is 4.74. The third-order valence-electron chi connectivity index (χ3n) is 3.54. The Bertz CT molecular complexity index is 778. The van der Waals surface area contributed by atoms with Crippen molar-refractivity contribution in [1.82, 2.24) is 4.98 Å². The Morgan fingerprint density at radius 2 is 1.77 bits per heavy atom. The average Bonchev–Trinajstić information content (AvgIpc) is 2.88. The van der Waals surface area contributed by atoms with Crippen LogP contribution in [0.2, 0.25) is 0 Å². The maximum absolute atomic E-state index is 9.80. The van der Waals surface area contributed by atoms with Crippen molar-refractivity contribution in [3.05, 3.63) is 64.5 Å². The number of aryl methyl sites for hydroxylation is 2. The first kappa shape index (κ1) is 14.6. The number of hydrogen-bond donors (Lipinski definition) is 2. The summed E-state index contributed by atoms with van der Waals surface area (Å²) in [5.74, 6) is 0.307. The minimum absolute atomic E-state index is 0.307. The van der Waals surface area contributed by atoms with Crippen molar-refractivity contribution in [1.29, 1.82) is 0 Å². The molecule has 0 aliphatic carbocycles. The van der Waals surface area contributed by atoms with Crippen LogP contribution >= 0.6 is 11.3 Å². The van der Waals surface area contributed by atoms with Gasteiger partial charge in [0.2, 0.25) is 0 Å². The molecule has 3 nitrogen and oxygen atoms in total. The second-order valence-corrected chi connectivity index (χ2v) is 6.48. The second kappa shape index (κ2) is 6.20. The van der Waals surface area contributed by atoms with Crippen LogP contribution in [0.15, 0.2) is 48.5 Å². The predicted molar refractivity (Wildman–Crippen MR) is 92.5 cm³/mol. The summed E-state index contributed by atoms with van der Waals surface area (Å²) in [5.41, 5.74) is 4.27. The van der Waals surface area contributed by atoms with Crippen LogP contribution in [0.4, 0.5) is 5.13 Å². The van der Waals surface area contributed by atoms with Gasteiger partial charge in [0, 0.05) is 22.5 Å². The topological polar surface area (TPSA) is 45.2 Å². The fourth-order valence-corrected chi connectivity index (χ4v) is 3.11. The van der Waals surface area contributed by atoms with E-state index in [-0.39, 0.29) is 0 Å². The third kappa shape index (κ3) is 3.12. The van der Waals surface area contributed by atoms with Gasteiger partial charge in [0.15, 0.2) is 5.13 Å². The van der Waals surface area contributed by atoms with E-state index >= 15 is 0 Å². The van der Waals surface area contributed by atoms with Gasteiger partial charge < -0.3 is 10.4 Å². The van der Waals surface area contributed by atoms with Gasteiger partial charge in [-0.25, -0.2) is 4.98 Å². The van der Waals surface area contributed by atoms with E-state index in [2.05, 4.69) is 48.4 Å². The third-order valence-corrected chi connectivity index (χ3v) is 4.47. The fourth-order valence-electron chi connectivity index (χ4n) is 2.28. The maximum atomic E-state index is 9.80. The van der Waals surface area contributed by atoms with Crippen LogP contribution in [-0.4, -0.2) is 10.1 Å². The molecule has 0 aliphatic heterocycles. The standard InChI is InChI=1S/C18H18N2OS/c1-12-7-9-14(10-8-12)17-13(2)22-18(20-17)19-11-15-5-3-4-6-16(15)21/h3-10,21H,11H2,1-2H3,(H,19,20). The number of phenols is 1. The Hall–Kier alpha value is -2.33. The van der Waals surface area contributed by atoms with Gasteiger partial charge in [-0.15, -0.1) is 11.3 Å². The highest BCUT2D eigenvalue weighted by molar-refractivity contribution is 7.16. The molecule has 0 spiro atoms. The van der Waals surface area contributed by atoms with Gasteiger partial charge in [-0.1, -0.05) is 48.0 Å². The van der Waals surface area contributed by atoms with E-state index in [0.717, 1.165) is 22.0 Å². The van der Waals surface area contributed by atoms with Crippen molar-refractivity contribution in [2.45, 2.75) is 20.4 Å². The first-order valence-electron chi connectivity index (χ1n) is 7.18. The molecule has 22 heavy (non-hydrogen) atoms. The lowest BCUT2D eigenvalue weighted by molar-refractivity contribution is 0.469. The molecule has 0 atom stereocenters. The van der Waals surface area contributed by atoms with Crippen LogP contribution in [-0.2, 0) is 6.54 Å². The molecule has 0 amide bonds. The van der Waals surface area contributed by atoms with Crippen molar-refractivity contribution in [2.75, 3.05) is 5.32 Å². The van der Waals surface area contributed by atoms with Gasteiger partial charge in [0.1, 0.15) is 5.75 Å². The molecule has 2 N–H and O–H groups in total. The Labute approximate surface area is 134 Å². The number of nitrogens with zero attached hydrogens (tertiary/aromatic N) is 1. The highest BCUT2D eigenvalue weighted by Gasteiger charge is 2.10. The summed E-state index contributed by atoms with van der Waals surface area (Å²) in [6, 6.07) is 15.7.